The average Bonchev–Trinajstić information content (AvgIpc) is 2.12. The Morgan fingerprint density at radius 3 is 2.13 bits per heavy atom. The number of aryl methyl sites for hydroxylation is 2. The molecule has 2 nitrogen and oxygen atoms in total. The van der Waals surface area contributed by atoms with Crippen LogP contribution in [0.1, 0.15) is 28.7 Å². The zero-order chi connectivity index (χ0) is 11.6. The van der Waals surface area contributed by atoms with Crippen LogP contribution in [-0.2, 0) is 4.79 Å². The molecule has 0 aliphatic rings. The van der Waals surface area contributed by atoms with E-state index in [2.05, 4.69) is 13.5 Å². The summed E-state index contributed by atoms with van der Waals surface area (Å²) in [5, 5.41) is 8.68. The first kappa shape index (κ1) is 11.5. The Labute approximate surface area is 90.3 Å². The number of carbonyl (C=O) groups is 1. The van der Waals surface area contributed by atoms with Gasteiger partial charge in [0, 0.05) is 0 Å². The van der Waals surface area contributed by atoms with Crippen molar-refractivity contribution in [2.75, 3.05) is 0 Å². The van der Waals surface area contributed by atoms with Crippen molar-refractivity contribution in [1.29, 1.82) is 0 Å². The average molecular weight is 204 g/mol. The Hall–Kier alpha value is -1.57. The van der Waals surface area contributed by atoms with Gasteiger partial charge in [0.2, 0.25) is 0 Å². The summed E-state index contributed by atoms with van der Waals surface area (Å²) in [5.74, 6) is -0.837. The van der Waals surface area contributed by atoms with Crippen molar-refractivity contribution in [1.82, 2.24) is 0 Å². The third kappa shape index (κ3) is 2.69. The normalized spacial score (nSPS) is 10.1. The monoisotopic (exact) mass is 204 g/mol. The Balaban J connectivity index is 3.06. The van der Waals surface area contributed by atoms with Gasteiger partial charge in [-0.15, -0.1) is 0 Å². The number of aliphatic carboxylic acids is 1. The van der Waals surface area contributed by atoms with Crippen molar-refractivity contribution in [3.63, 3.8) is 0 Å². The molecule has 0 aliphatic carbocycles. The summed E-state index contributed by atoms with van der Waals surface area (Å²) >= 11 is 0. The summed E-state index contributed by atoms with van der Waals surface area (Å²) in [7, 11) is 0. The van der Waals surface area contributed by atoms with Gasteiger partial charge in [0.05, 0.1) is 6.42 Å². The maximum atomic E-state index is 10.6. The third-order valence-corrected chi connectivity index (χ3v) is 2.70. The van der Waals surface area contributed by atoms with E-state index in [-0.39, 0.29) is 6.42 Å². The number of rotatable bonds is 3. The van der Waals surface area contributed by atoms with Crippen molar-refractivity contribution < 1.29 is 9.90 Å². The van der Waals surface area contributed by atoms with Gasteiger partial charge in [-0.05, 0) is 48.6 Å². The molecule has 1 aromatic carbocycles. The Morgan fingerprint density at radius 1 is 1.27 bits per heavy atom. The highest BCUT2D eigenvalue weighted by Crippen LogP contribution is 2.22. The minimum atomic E-state index is -0.837. The van der Waals surface area contributed by atoms with Gasteiger partial charge in [0.25, 0.3) is 0 Å². The van der Waals surface area contributed by atoms with Gasteiger partial charge in [-0.2, -0.15) is 0 Å². The van der Waals surface area contributed by atoms with Gasteiger partial charge in [0.15, 0.2) is 0 Å². The van der Waals surface area contributed by atoms with Crippen molar-refractivity contribution in [3.05, 3.63) is 41.0 Å². The molecule has 0 heterocycles. The topological polar surface area (TPSA) is 37.3 Å². The van der Waals surface area contributed by atoms with E-state index < -0.39 is 5.97 Å². The Morgan fingerprint density at radius 2 is 1.73 bits per heavy atom. The second-order valence-corrected chi connectivity index (χ2v) is 3.91. The van der Waals surface area contributed by atoms with Crippen LogP contribution in [0, 0.1) is 20.8 Å². The van der Waals surface area contributed by atoms with Crippen molar-refractivity contribution in [3.8, 4) is 0 Å². The molecular formula is C13H16O2. The highest BCUT2D eigenvalue weighted by atomic mass is 16.4. The van der Waals surface area contributed by atoms with E-state index in [0.717, 1.165) is 5.56 Å². The second-order valence-electron chi connectivity index (χ2n) is 3.91. The molecule has 0 aliphatic heterocycles. The fourth-order valence-electron chi connectivity index (χ4n) is 1.52. The predicted octanol–water partition coefficient (Wildman–Crippen LogP) is 3.10. The molecular weight excluding hydrogens is 188 g/mol. The van der Waals surface area contributed by atoms with E-state index in [0.29, 0.717) is 5.57 Å². The highest BCUT2D eigenvalue weighted by Gasteiger charge is 2.07. The largest absolute Gasteiger partial charge is 0.481 e. The Bertz CT molecular complexity index is 394. The molecule has 15 heavy (non-hydrogen) atoms. The lowest BCUT2D eigenvalue weighted by molar-refractivity contribution is -0.135. The predicted molar refractivity (Wildman–Crippen MR) is 61.9 cm³/mol. The molecule has 0 fully saturated rings. The van der Waals surface area contributed by atoms with E-state index in [1.807, 2.05) is 26.0 Å². The molecule has 0 amide bonds. The van der Waals surface area contributed by atoms with Gasteiger partial charge in [0.1, 0.15) is 0 Å². The van der Waals surface area contributed by atoms with Crippen LogP contribution in [0.3, 0.4) is 0 Å². The van der Waals surface area contributed by atoms with E-state index in [1.54, 1.807) is 0 Å². The van der Waals surface area contributed by atoms with Crippen LogP contribution in [0.25, 0.3) is 5.57 Å². The molecule has 0 saturated carbocycles. The number of hydrogen-bond donors (Lipinski definition) is 1. The summed E-state index contributed by atoms with van der Waals surface area (Å²) in [4.78, 5) is 10.6. The van der Waals surface area contributed by atoms with E-state index in [4.69, 9.17) is 5.11 Å². The fraction of sp³-hybridized carbons (Fsp3) is 0.308. The molecule has 1 N–H and O–H groups in total. The SMILES string of the molecule is C=C(CC(=O)O)c1cc(C)c(C)c(C)c1. The zero-order valence-electron chi connectivity index (χ0n) is 9.42. The van der Waals surface area contributed by atoms with Gasteiger partial charge < -0.3 is 5.11 Å². The lowest BCUT2D eigenvalue weighted by Crippen LogP contribution is -1.97. The summed E-state index contributed by atoms with van der Waals surface area (Å²) in [6.07, 6.45) is 0.00193. The maximum absolute atomic E-state index is 10.6. The van der Waals surface area contributed by atoms with E-state index in [1.165, 1.54) is 16.7 Å². The smallest absolute Gasteiger partial charge is 0.307 e. The molecule has 0 radical (unpaired) electrons. The Kier molecular flexibility index (Phi) is 3.30. The van der Waals surface area contributed by atoms with Gasteiger partial charge in [-0.1, -0.05) is 18.7 Å². The maximum Gasteiger partial charge on any atom is 0.307 e. The van der Waals surface area contributed by atoms with Crippen molar-refractivity contribution in [2.24, 2.45) is 0 Å². The standard InChI is InChI=1S/C13H16O2/c1-8-5-12(6-9(2)11(8)4)10(3)7-13(14)15/h5-6H,3,7H2,1-2,4H3,(H,14,15). The second kappa shape index (κ2) is 4.30. The fourth-order valence-corrected chi connectivity index (χ4v) is 1.52. The molecule has 2 heteroatoms. The van der Waals surface area contributed by atoms with E-state index >= 15 is 0 Å². The molecule has 1 rings (SSSR count). The lowest BCUT2D eigenvalue weighted by Gasteiger charge is -2.10. The first-order chi connectivity index (χ1) is 6.91. The minimum Gasteiger partial charge on any atom is -0.481 e. The number of carboxylic acids is 1. The molecule has 0 atom stereocenters. The van der Waals surface area contributed by atoms with E-state index in [9.17, 15) is 4.79 Å². The zero-order valence-corrected chi connectivity index (χ0v) is 9.42. The summed E-state index contributed by atoms with van der Waals surface area (Å²) < 4.78 is 0. The molecule has 0 aromatic heterocycles. The number of benzene rings is 1. The molecule has 0 unspecified atom stereocenters. The van der Waals surface area contributed by atoms with Crippen LogP contribution in [0.5, 0.6) is 0 Å². The molecule has 80 valence electrons. The van der Waals surface area contributed by atoms with Gasteiger partial charge >= 0.3 is 5.97 Å². The summed E-state index contributed by atoms with van der Waals surface area (Å²) in [5.41, 5.74) is 5.20. The van der Waals surface area contributed by atoms with Crippen LogP contribution >= 0.6 is 0 Å². The van der Waals surface area contributed by atoms with Crippen molar-refractivity contribution >= 4 is 11.5 Å². The molecule has 0 bridgehead atoms. The minimum absolute atomic E-state index is 0.00193. The number of hydrogen-bond acceptors (Lipinski definition) is 1. The molecule has 1 aromatic rings. The van der Waals surface area contributed by atoms with Crippen LogP contribution < -0.4 is 0 Å². The van der Waals surface area contributed by atoms with Crippen LogP contribution in [-0.4, -0.2) is 11.1 Å². The summed E-state index contributed by atoms with van der Waals surface area (Å²) in [6, 6.07) is 3.99. The van der Waals surface area contributed by atoms with Crippen LogP contribution in [0.4, 0.5) is 0 Å². The van der Waals surface area contributed by atoms with Crippen LogP contribution in [0.2, 0.25) is 0 Å². The van der Waals surface area contributed by atoms with Gasteiger partial charge in [-0.3, -0.25) is 4.79 Å². The van der Waals surface area contributed by atoms with Crippen LogP contribution in [0.15, 0.2) is 18.7 Å². The highest BCUT2D eigenvalue weighted by molar-refractivity contribution is 5.83. The molecule has 0 saturated heterocycles. The van der Waals surface area contributed by atoms with Gasteiger partial charge in [-0.25, -0.2) is 0 Å². The first-order valence-corrected chi connectivity index (χ1v) is 4.89. The first-order valence-electron chi connectivity index (χ1n) is 4.89. The summed E-state index contributed by atoms with van der Waals surface area (Å²) in [6.45, 7) is 9.92. The lowest BCUT2D eigenvalue weighted by atomic mass is 9.96. The third-order valence-electron chi connectivity index (χ3n) is 2.70. The number of carboxylic acid groups (broad SMARTS) is 1. The molecule has 0 spiro atoms. The van der Waals surface area contributed by atoms with Crippen molar-refractivity contribution in [2.45, 2.75) is 27.2 Å². The quantitative estimate of drug-likeness (QED) is 0.821.